The molecule has 0 aliphatic heterocycles. The topological polar surface area (TPSA) is 26.3 Å². The van der Waals surface area contributed by atoms with Gasteiger partial charge in [0.1, 0.15) is 0 Å². The Hall–Kier alpha value is -0.600. The second-order valence-electron chi connectivity index (χ2n) is 5.70. The first-order chi connectivity index (χ1) is 9.66. The van der Waals surface area contributed by atoms with E-state index < -0.39 is 12.3 Å². The molecule has 0 aromatic heterocycles. The maximum Gasteiger partial charge on any atom is 0.305 e. The average molecular weight is 288 g/mol. The van der Waals surface area contributed by atoms with Crippen LogP contribution in [-0.2, 0) is 9.53 Å². The minimum atomic E-state index is -1.41. The molecule has 0 heterocycles. The summed E-state index contributed by atoms with van der Waals surface area (Å²) in [5.41, 5.74) is 0. The van der Waals surface area contributed by atoms with Crippen LogP contribution in [0.3, 0.4) is 0 Å². The summed E-state index contributed by atoms with van der Waals surface area (Å²) in [5, 5.41) is 0. The van der Waals surface area contributed by atoms with Gasteiger partial charge in [0, 0.05) is 13.3 Å². The second-order valence-corrected chi connectivity index (χ2v) is 5.70. The zero-order chi connectivity index (χ0) is 15.1. The molecule has 0 aliphatic rings. The van der Waals surface area contributed by atoms with E-state index in [4.69, 9.17) is 0 Å². The van der Waals surface area contributed by atoms with Crippen LogP contribution in [-0.4, -0.2) is 12.3 Å². The lowest BCUT2D eigenvalue weighted by Crippen LogP contribution is -2.10. The van der Waals surface area contributed by atoms with Crippen molar-refractivity contribution in [2.45, 2.75) is 104 Å². The minimum Gasteiger partial charge on any atom is -0.431 e. The molecule has 0 radical (unpaired) electrons. The van der Waals surface area contributed by atoms with Gasteiger partial charge in [0.2, 0.25) is 6.36 Å². The van der Waals surface area contributed by atoms with E-state index in [1.165, 1.54) is 71.1 Å². The quantitative estimate of drug-likeness (QED) is 0.292. The van der Waals surface area contributed by atoms with Gasteiger partial charge in [0.05, 0.1) is 0 Å². The highest BCUT2D eigenvalue weighted by molar-refractivity contribution is 5.65. The molecule has 20 heavy (non-hydrogen) atoms. The van der Waals surface area contributed by atoms with E-state index >= 15 is 0 Å². The molecule has 0 bridgehead atoms. The Labute approximate surface area is 124 Å². The zero-order valence-corrected chi connectivity index (χ0v) is 13.5. The Kier molecular flexibility index (Phi) is 14.4. The molecule has 0 fully saturated rings. The maximum absolute atomic E-state index is 13.0. The monoisotopic (exact) mass is 288 g/mol. The number of ether oxygens (including phenoxy) is 1. The molecular formula is C17H33FO2. The van der Waals surface area contributed by atoms with Crippen LogP contribution in [0.2, 0.25) is 0 Å². The Morgan fingerprint density at radius 3 is 1.65 bits per heavy atom. The van der Waals surface area contributed by atoms with Crippen molar-refractivity contribution in [3.8, 4) is 0 Å². The van der Waals surface area contributed by atoms with Crippen molar-refractivity contribution in [1.82, 2.24) is 0 Å². The third kappa shape index (κ3) is 15.5. The first kappa shape index (κ1) is 19.4. The summed E-state index contributed by atoms with van der Waals surface area (Å²) < 4.78 is 17.5. The first-order valence-electron chi connectivity index (χ1n) is 8.48. The van der Waals surface area contributed by atoms with Crippen LogP contribution in [0.5, 0.6) is 0 Å². The summed E-state index contributed by atoms with van der Waals surface area (Å²) >= 11 is 0. The molecule has 1 atom stereocenters. The molecule has 120 valence electrons. The van der Waals surface area contributed by atoms with Gasteiger partial charge in [0.25, 0.3) is 0 Å². The normalized spacial score (nSPS) is 12.3. The molecule has 0 aromatic rings. The molecule has 0 aromatic carbocycles. The molecular weight excluding hydrogens is 255 g/mol. The fourth-order valence-electron chi connectivity index (χ4n) is 2.38. The van der Waals surface area contributed by atoms with Gasteiger partial charge in [-0.2, -0.15) is 0 Å². The second kappa shape index (κ2) is 14.8. The molecule has 0 N–H and O–H groups in total. The zero-order valence-electron chi connectivity index (χ0n) is 13.5. The van der Waals surface area contributed by atoms with Gasteiger partial charge in [-0.15, -0.1) is 0 Å². The number of carbonyl (C=O) groups excluding carboxylic acids is 1. The largest absolute Gasteiger partial charge is 0.431 e. The van der Waals surface area contributed by atoms with Crippen molar-refractivity contribution in [3.63, 3.8) is 0 Å². The molecule has 0 saturated carbocycles. The van der Waals surface area contributed by atoms with Crippen LogP contribution in [0.25, 0.3) is 0 Å². The van der Waals surface area contributed by atoms with Crippen molar-refractivity contribution in [1.29, 1.82) is 0 Å². The number of hydrogen-bond acceptors (Lipinski definition) is 2. The van der Waals surface area contributed by atoms with Crippen molar-refractivity contribution in [2.24, 2.45) is 0 Å². The van der Waals surface area contributed by atoms with Crippen LogP contribution < -0.4 is 0 Å². The van der Waals surface area contributed by atoms with Crippen LogP contribution in [0, 0.1) is 0 Å². The van der Waals surface area contributed by atoms with E-state index in [1.54, 1.807) is 0 Å². The number of hydrogen-bond donors (Lipinski definition) is 0. The highest BCUT2D eigenvalue weighted by Crippen LogP contribution is 2.13. The fourth-order valence-corrected chi connectivity index (χ4v) is 2.38. The van der Waals surface area contributed by atoms with E-state index in [-0.39, 0.29) is 0 Å². The molecule has 1 unspecified atom stereocenters. The van der Waals surface area contributed by atoms with Gasteiger partial charge in [-0.3, -0.25) is 4.79 Å². The van der Waals surface area contributed by atoms with Crippen LogP contribution in [0.15, 0.2) is 0 Å². The van der Waals surface area contributed by atoms with Crippen molar-refractivity contribution < 1.29 is 13.9 Å². The van der Waals surface area contributed by atoms with Crippen LogP contribution in [0.1, 0.15) is 97.3 Å². The predicted molar refractivity (Wildman–Crippen MR) is 82.4 cm³/mol. The molecule has 0 spiro atoms. The predicted octanol–water partition coefficient (Wildman–Crippen LogP) is 5.94. The number of esters is 1. The summed E-state index contributed by atoms with van der Waals surface area (Å²) in [7, 11) is 0. The fraction of sp³-hybridized carbons (Fsp3) is 0.941. The number of carbonyl (C=O) groups is 1. The van der Waals surface area contributed by atoms with Gasteiger partial charge >= 0.3 is 5.97 Å². The van der Waals surface area contributed by atoms with Crippen molar-refractivity contribution in [2.75, 3.05) is 0 Å². The Bertz CT molecular complexity index is 219. The van der Waals surface area contributed by atoms with E-state index in [2.05, 4.69) is 11.7 Å². The highest BCUT2D eigenvalue weighted by atomic mass is 19.1. The molecule has 0 rings (SSSR count). The van der Waals surface area contributed by atoms with E-state index in [0.29, 0.717) is 6.42 Å². The van der Waals surface area contributed by atoms with Gasteiger partial charge < -0.3 is 4.74 Å². The maximum atomic E-state index is 13.0. The average Bonchev–Trinajstić information content (AvgIpc) is 2.39. The Morgan fingerprint density at radius 1 is 0.850 bits per heavy atom. The molecule has 2 nitrogen and oxygen atoms in total. The molecule has 0 saturated heterocycles. The lowest BCUT2D eigenvalue weighted by atomic mass is 10.0. The number of rotatable bonds is 14. The van der Waals surface area contributed by atoms with Gasteiger partial charge in [-0.1, -0.05) is 77.6 Å². The third-order valence-electron chi connectivity index (χ3n) is 3.58. The van der Waals surface area contributed by atoms with Gasteiger partial charge in [-0.25, -0.2) is 4.39 Å². The van der Waals surface area contributed by atoms with Crippen LogP contribution >= 0.6 is 0 Å². The number of unbranched alkanes of at least 4 members (excludes halogenated alkanes) is 11. The SMILES string of the molecule is CCCCCCCCCCCCCCC(F)OC(C)=O. The summed E-state index contributed by atoms with van der Waals surface area (Å²) in [5.74, 6) is -0.531. The standard InChI is InChI=1S/C17H33FO2/c1-3-4-5-6-7-8-9-10-11-12-13-14-15-17(18)20-16(2)19/h17H,3-15H2,1-2H3. The lowest BCUT2D eigenvalue weighted by molar-refractivity contribution is -0.155. The molecule has 0 amide bonds. The highest BCUT2D eigenvalue weighted by Gasteiger charge is 2.08. The number of alkyl halides is 1. The third-order valence-corrected chi connectivity index (χ3v) is 3.58. The summed E-state index contributed by atoms with van der Waals surface area (Å²) in [6.07, 6.45) is 14.1. The van der Waals surface area contributed by atoms with E-state index in [1.807, 2.05) is 0 Å². The summed E-state index contributed by atoms with van der Waals surface area (Å²) in [6, 6.07) is 0. The van der Waals surface area contributed by atoms with Crippen LogP contribution in [0.4, 0.5) is 4.39 Å². The summed E-state index contributed by atoms with van der Waals surface area (Å²) in [4.78, 5) is 10.5. The van der Waals surface area contributed by atoms with E-state index in [0.717, 1.165) is 12.8 Å². The Balaban J connectivity index is 3.08. The molecule has 3 heteroatoms. The smallest absolute Gasteiger partial charge is 0.305 e. The van der Waals surface area contributed by atoms with Crippen molar-refractivity contribution in [3.05, 3.63) is 0 Å². The minimum absolute atomic E-state index is 0.344. The van der Waals surface area contributed by atoms with E-state index in [9.17, 15) is 9.18 Å². The lowest BCUT2D eigenvalue weighted by Gasteiger charge is -2.07. The molecule has 0 aliphatic carbocycles. The first-order valence-corrected chi connectivity index (χ1v) is 8.48. The Morgan fingerprint density at radius 2 is 1.25 bits per heavy atom. The summed E-state index contributed by atoms with van der Waals surface area (Å²) in [6.45, 7) is 3.49. The van der Waals surface area contributed by atoms with Gasteiger partial charge in [-0.05, 0) is 6.42 Å². The number of halogens is 1. The van der Waals surface area contributed by atoms with Gasteiger partial charge in [0.15, 0.2) is 0 Å². The van der Waals surface area contributed by atoms with Crippen molar-refractivity contribution >= 4 is 5.97 Å².